The van der Waals surface area contributed by atoms with E-state index in [1.165, 1.54) is 23.8 Å². The fourth-order valence-corrected chi connectivity index (χ4v) is 0.639. The molecule has 0 aromatic carbocycles. The van der Waals surface area contributed by atoms with Gasteiger partial charge in [0.25, 0.3) is 0 Å². The second-order valence-corrected chi connectivity index (χ2v) is 2.01. The minimum Gasteiger partial charge on any atom is -0.478 e. The van der Waals surface area contributed by atoms with Gasteiger partial charge < -0.3 is 10.3 Å². The van der Waals surface area contributed by atoms with E-state index in [2.05, 4.69) is 4.98 Å². The van der Waals surface area contributed by atoms with E-state index in [-0.39, 0.29) is 11.1 Å². The van der Waals surface area contributed by atoms with Crippen molar-refractivity contribution in [2.75, 3.05) is 0 Å². The van der Waals surface area contributed by atoms with Crippen molar-refractivity contribution in [1.82, 2.24) is 4.98 Å². The van der Waals surface area contributed by atoms with Crippen molar-refractivity contribution in [2.45, 2.75) is 0 Å². The van der Waals surface area contributed by atoms with Crippen LogP contribution in [0.4, 0.5) is 0 Å². The minimum atomic E-state index is -1.08. The highest BCUT2D eigenvalue weighted by Crippen LogP contribution is 1.99. The number of aromatic nitrogens is 1. The molecular formula is C7H6N2O5. The molecule has 0 fully saturated rings. The smallest absolute Gasteiger partial charge is 0.337 e. The molecule has 7 heteroatoms. The maximum atomic E-state index is 10.3. The predicted molar refractivity (Wildman–Crippen MR) is 44.2 cm³/mol. The molecule has 1 aromatic rings. The lowest BCUT2D eigenvalue weighted by atomic mass is 10.2. The zero-order valence-corrected chi connectivity index (χ0v) is 6.82. The Kier molecular flexibility index (Phi) is 5.20. The number of hydrogen-bond acceptors (Lipinski definition) is 5. The van der Waals surface area contributed by atoms with Crippen LogP contribution in [-0.2, 0) is 0 Å². The van der Waals surface area contributed by atoms with E-state index in [1.807, 2.05) is 0 Å². The zero-order chi connectivity index (χ0) is 11.0. The average Bonchev–Trinajstić information content (AvgIpc) is 2.19. The number of pyridine rings is 1. The first kappa shape index (κ1) is 11.7. The van der Waals surface area contributed by atoms with Crippen LogP contribution in [0.3, 0.4) is 0 Å². The molecule has 0 saturated carbocycles. The van der Waals surface area contributed by atoms with Gasteiger partial charge in [0.2, 0.25) is 0 Å². The van der Waals surface area contributed by atoms with Crippen molar-refractivity contribution in [1.29, 1.82) is 0 Å². The van der Waals surface area contributed by atoms with E-state index in [1.54, 1.807) is 0 Å². The van der Waals surface area contributed by atoms with E-state index in [4.69, 9.17) is 15.2 Å². The fraction of sp³-hybridized carbons (Fsp3) is 0. The number of aldehydes is 1. The number of nitrogens with zero attached hydrogens (tertiary/aromatic N) is 2. The molecule has 14 heavy (non-hydrogen) atoms. The Balaban J connectivity index is 0.000000500. The summed E-state index contributed by atoms with van der Waals surface area (Å²) in [5.74, 6) is -1.08. The number of hydrogen-bond donors (Lipinski definition) is 2. The van der Waals surface area contributed by atoms with Gasteiger partial charge in [-0.05, 0) is 6.07 Å². The van der Waals surface area contributed by atoms with Gasteiger partial charge in [0.05, 0.1) is 5.56 Å². The van der Waals surface area contributed by atoms with E-state index < -0.39 is 5.97 Å². The molecule has 0 amide bonds. The molecule has 7 nitrogen and oxygen atoms in total. The summed E-state index contributed by atoms with van der Waals surface area (Å²) >= 11 is 0. The standard InChI is InChI=1S/C7H5NO3.HNO2/c9-4-5-1-6(7(10)11)3-8-2-5;2-1-3/h1-4H,(H,10,11);(H,2,3). The molecule has 0 spiro atoms. The predicted octanol–water partition coefficient (Wildman–Crippen LogP) is 0.734. The number of aromatic carboxylic acids is 1. The van der Waals surface area contributed by atoms with Crippen molar-refractivity contribution in [3.8, 4) is 0 Å². The highest BCUT2D eigenvalue weighted by Gasteiger charge is 2.02. The van der Waals surface area contributed by atoms with Gasteiger partial charge in [-0.3, -0.25) is 9.78 Å². The van der Waals surface area contributed by atoms with Gasteiger partial charge in [-0.25, -0.2) is 4.79 Å². The quantitative estimate of drug-likeness (QED) is 0.411. The molecule has 1 rings (SSSR count). The second-order valence-electron chi connectivity index (χ2n) is 2.01. The summed E-state index contributed by atoms with van der Waals surface area (Å²) in [4.78, 5) is 32.1. The molecule has 1 heterocycles. The lowest BCUT2D eigenvalue weighted by Gasteiger charge is -1.92. The topological polar surface area (TPSA) is 117 Å². The fourth-order valence-electron chi connectivity index (χ4n) is 0.639. The maximum absolute atomic E-state index is 10.3. The molecule has 0 aliphatic rings. The van der Waals surface area contributed by atoms with Crippen molar-refractivity contribution < 1.29 is 19.9 Å². The van der Waals surface area contributed by atoms with Crippen molar-refractivity contribution in [2.24, 2.45) is 5.34 Å². The molecule has 0 saturated heterocycles. The molecule has 1 aromatic heterocycles. The van der Waals surface area contributed by atoms with E-state index in [0.29, 0.717) is 6.29 Å². The van der Waals surface area contributed by atoms with Crippen LogP contribution < -0.4 is 0 Å². The van der Waals surface area contributed by atoms with Gasteiger partial charge in [0.15, 0.2) is 11.6 Å². The van der Waals surface area contributed by atoms with Gasteiger partial charge in [-0.2, -0.15) is 0 Å². The van der Waals surface area contributed by atoms with Gasteiger partial charge in [0.1, 0.15) is 0 Å². The first-order chi connectivity index (χ1) is 6.65. The molecule has 0 radical (unpaired) electrons. The largest absolute Gasteiger partial charge is 0.478 e. The van der Waals surface area contributed by atoms with Crippen LogP contribution in [0.2, 0.25) is 0 Å². The van der Waals surface area contributed by atoms with E-state index in [9.17, 15) is 9.59 Å². The van der Waals surface area contributed by atoms with Crippen LogP contribution >= 0.6 is 0 Å². The SMILES string of the molecule is O=Cc1cncc(C(=O)O)c1.O=NO. The third-order valence-electron chi connectivity index (χ3n) is 1.14. The van der Waals surface area contributed by atoms with Crippen LogP contribution in [0.25, 0.3) is 0 Å². The molecule has 0 aliphatic heterocycles. The Labute approximate surface area is 77.9 Å². The monoisotopic (exact) mass is 198 g/mol. The number of rotatable bonds is 2. The summed E-state index contributed by atoms with van der Waals surface area (Å²) in [7, 11) is 0. The molecule has 0 bridgehead atoms. The van der Waals surface area contributed by atoms with Crippen LogP contribution in [0.15, 0.2) is 23.8 Å². The summed E-state index contributed by atoms with van der Waals surface area (Å²) in [6.45, 7) is 0. The first-order valence-corrected chi connectivity index (χ1v) is 3.26. The van der Waals surface area contributed by atoms with Crippen LogP contribution in [0.1, 0.15) is 20.7 Å². The van der Waals surface area contributed by atoms with E-state index in [0.717, 1.165) is 0 Å². The van der Waals surface area contributed by atoms with Crippen LogP contribution in [0, 0.1) is 4.91 Å². The summed E-state index contributed by atoms with van der Waals surface area (Å²) in [6.07, 6.45) is 3.05. The summed E-state index contributed by atoms with van der Waals surface area (Å²) in [6, 6.07) is 1.27. The molecular weight excluding hydrogens is 192 g/mol. The first-order valence-electron chi connectivity index (χ1n) is 3.26. The minimum absolute atomic E-state index is 0.0228. The lowest BCUT2D eigenvalue weighted by Crippen LogP contribution is -1.97. The maximum Gasteiger partial charge on any atom is 0.337 e. The van der Waals surface area contributed by atoms with Gasteiger partial charge in [-0.1, -0.05) is 0 Å². The Bertz CT molecular complexity index is 339. The van der Waals surface area contributed by atoms with Gasteiger partial charge >= 0.3 is 5.97 Å². The summed E-state index contributed by atoms with van der Waals surface area (Å²) in [5, 5.41) is 16.3. The highest BCUT2D eigenvalue weighted by molar-refractivity contribution is 5.89. The molecule has 2 N–H and O–H groups in total. The third kappa shape index (κ3) is 3.90. The Morgan fingerprint density at radius 2 is 2.07 bits per heavy atom. The second kappa shape index (κ2) is 6.23. The van der Waals surface area contributed by atoms with Crippen molar-refractivity contribution >= 4 is 12.3 Å². The number of carbonyl (C=O) groups is 2. The molecule has 0 atom stereocenters. The normalized spacial score (nSPS) is 8.00. The van der Waals surface area contributed by atoms with Crippen LogP contribution in [0.5, 0.6) is 0 Å². The van der Waals surface area contributed by atoms with Crippen LogP contribution in [-0.4, -0.2) is 27.6 Å². The van der Waals surface area contributed by atoms with Gasteiger partial charge in [0, 0.05) is 18.0 Å². The highest BCUT2D eigenvalue weighted by atomic mass is 16.6. The van der Waals surface area contributed by atoms with Gasteiger partial charge in [-0.15, -0.1) is 4.91 Å². The van der Waals surface area contributed by atoms with Crippen molar-refractivity contribution in [3.05, 3.63) is 34.5 Å². The summed E-state index contributed by atoms with van der Waals surface area (Å²) in [5.41, 5.74) is 0.291. The molecule has 0 unspecified atom stereocenters. The van der Waals surface area contributed by atoms with Crippen molar-refractivity contribution in [3.63, 3.8) is 0 Å². The zero-order valence-electron chi connectivity index (χ0n) is 6.82. The molecule has 0 aliphatic carbocycles. The Morgan fingerprint density at radius 3 is 2.50 bits per heavy atom. The molecule has 74 valence electrons. The third-order valence-corrected chi connectivity index (χ3v) is 1.14. The average molecular weight is 198 g/mol. The number of carbonyl (C=O) groups excluding carboxylic acids is 1. The number of carboxylic acid groups (broad SMARTS) is 1. The lowest BCUT2D eigenvalue weighted by molar-refractivity contribution is 0.0696. The van der Waals surface area contributed by atoms with E-state index >= 15 is 0 Å². The Morgan fingerprint density at radius 1 is 1.50 bits per heavy atom. The Hall–Kier alpha value is -2.31. The number of carboxylic acids is 1. The summed E-state index contributed by atoms with van der Waals surface area (Å²) < 4.78 is 0.